The Labute approximate surface area is 143 Å². The summed E-state index contributed by atoms with van der Waals surface area (Å²) in [5, 5.41) is 12.3. The van der Waals surface area contributed by atoms with E-state index in [2.05, 4.69) is 15.3 Å². The predicted molar refractivity (Wildman–Crippen MR) is 91.5 cm³/mol. The van der Waals surface area contributed by atoms with Gasteiger partial charge in [0.2, 0.25) is 0 Å². The standard InChI is InChI=1S/C17H17N3O3S/c21-16(13-9-19-14(10-18-13)17(22)23)20-12-7-3-4-8-15(12)24-11-5-1-2-6-11/h3-4,7-11H,1-2,5-6H2,(H,20,21)(H,22,23). The molecule has 7 heteroatoms. The molecule has 1 aliphatic carbocycles. The van der Waals surface area contributed by atoms with Crippen LogP contribution in [0.25, 0.3) is 0 Å². The van der Waals surface area contributed by atoms with Crippen molar-refractivity contribution >= 4 is 29.3 Å². The summed E-state index contributed by atoms with van der Waals surface area (Å²) < 4.78 is 0. The van der Waals surface area contributed by atoms with E-state index in [0.29, 0.717) is 5.25 Å². The van der Waals surface area contributed by atoms with Gasteiger partial charge in [0.1, 0.15) is 5.69 Å². The van der Waals surface area contributed by atoms with Crippen molar-refractivity contribution in [2.24, 2.45) is 0 Å². The first-order valence-electron chi connectivity index (χ1n) is 7.76. The molecule has 6 nitrogen and oxygen atoms in total. The van der Waals surface area contributed by atoms with Gasteiger partial charge >= 0.3 is 5.97 Å². The topological polar surface area (TPSA) is 92.2 Å². The van der Waals surface area contributed by atoms with E-state index in [1.54, 1.807) is 11.8 Å². The maximum atomic E-state index is 12.3. The van der Waals surface area contributed by atoms with Crippen LogP contribution >= 0.6 is 11.8 Å². The number of aromatic nitrogens is 2. The largest absolute Gasteiger partial charge is 0.476 e. The van der Waals surface area contributed by atoms with Gasteiger partial charge in [-0.25, -0.2) is 14.8 Å². The molecular weight excluding hydrogens is 326 g/mol. The van der Waals surface area contributed by atoms with Gasteiger partial charge in [0.25, 0.3) is 5.91 Å². The molecule has 1 fully saturated rings. The number of carbonyl (C=O) groups excluding carboxylic acids is 1. The minimum absolute atomic E-state index is 0.0840. The van der Waals surface area contributed by atoms with Crippen LogP contribution in [-0.4, -0.2) is 32.2 Å². The van der Waals surface area contributed by atoms with Gasteiger partial charge in [0.15, 0.2) is 5.69 Å². The summed E-state index contributed by atoms with van der Waals surface area (Å²) >= 11 is 1.79. The zero-order chi connectivity index (χ0) is 16.9. The summed E-state index contributed by atoms with van der Waals surface area (Å²) in [6.07, 6.45) is 7.18. The third-order valence-electron chi connectivity index (χ3n) is 3.83. The van der Waals surface area contributed by atoms with Gasteiger partial charge in [-0.15, -0.1) is 11.8 Å². The van der Waals surface area contributed by atoms with Crippen molar-refractivity contribution < 1.29 is 14.7 Å². The maximum Gasteiger partial charge on any atom is 0.356 e. The molecule has 1 aromatic carbocycles. The number of rotatable bonds is 5. The lowest BCUT2D eigenvalue weighted by molar-refractivity contribution is 0.0689. The van der Waals surface area contributed by atoms with Gasteiger partial charge in [-0.1, -0.05) is 25.0 Å². The number of hydrogen-bond donors (Lipinski definition) is 2. The number of nitrogens with one attached hydrogen (secondary N) is 1. The van der Waals surface area contributed by atoms with Crippen LogP contribution in [0, 0.1) is 0 Å². The van der Waals surface area contributed by atoms with Crippen LogP contribution in [0.1, 0.15) is 46.7 Å². The zero-order valence-electron chi connectivity index (χ0n) is 12.9. The maximum absolute atomic E-state index is 12.3. The fraction of sp³-hybridized carbons (Fsp3) is 0.294. The minimum atomic E-state index is -1.17. The molecule has 1 heterocycles. The SMILES string of the molecule is O=C(O)c1cnc(C(=O)Nc2ccccc2SC2CCCC2)cn1. The average molecular weight is 343 g/mol. The number of amides is 1. The molecule has 0 atom stereocenters. The van der Waals surface area contributed by atoms with Gasteiger partial charge in [0.05, 0.1) is 18.1 Å². The number of anilines is 1. The molecule has 0 spiro atoms. The number of carboxylic acid groups (broad SMARTS) is 1. The average Bonchev–Trinajstić information content (AvgIpc) is 3.10. The molecular formula is C17H17N3O3S. The molecule has 0 unspecified atom stereocenters. The van der Waals surface area contributed by atoms with Crippen LogP contribution in [-0.2, 0) is 0 Å². The summed E-state index contributed by atoms with van der Waals surface area (Å²) in [6, 6.07) is 7.67. The van der Waals surface area contributed by atoms with Gasteiger partial charge in [-0.2, -0.15) is 0 Å². The number of carboxylic acids is 1. The Morgan fingerprint density at radius 3 is 2.42 bits per heavy atom. The number of benzene rings is 1. The van der Waals surface area contributed by atoms with Crippen LogP contribution in [0.15, 0.2) is 41.6 Å². The molecule has 2 N–H and O–H groups in total. The van der Waals surface area contributed by atoms with Gasteiger partial charge < -0.3 is 10.4 Å². The molecule has 24 heavy (non-hydrogen) atoms. The summed E-state index contributed by atoms with van der Waals surface area (Å²) in [5.41, 5.74) is 0.632. The van der Waals surface area contributed by atoms with Gasteiger partial charge in [0, 0.05) is 10.1 Å². The Morgan fingerprint density at radius 2 is 1.75 bits per heavy atom. The van der Waals surface area contributed by atoms with Crippen LogP contribution in [0.2, 0.25) is 0 Å². The van der Waals surface area contributed by atoms with E-state index < -0.39 is 11.9 Å². The van der Waals surface area contributed by atoms with Crippen molar-refractivity contribution in [2.75, 3.05) is 5.32 Å². The first kappa shape index (κ1) is 16.4. The predicted octanol–water partition coefficient (Wildman–Crippen LogP) is 3.46. The molecule has 1 saturated carbocycles. The van der Waals surface area contributed by atoms with Crippen LogP contribution in [0.3, 0.4) is 0 Å². The van der Waals surface area contributed by atoms with E-state index in [4.69, 9.17) is 5.11 Å². The second-order valence-corrected chi connectivity index (χ2v) is 6.91. The summed E-state index contributed by atoms with van der Waals surface area (Å²) in [5.74, 6) is -1.58. The van der Waals surface area contributed by atoms with E-state index in [0.717, 1.165) is 16.8 Å². The van der Waals surface area contributed by atoms with E-state index in [9.17, 15) is 9.59 Å². The molecule has 1 amide bonds. The van der Waals surface area contributed by atoms with E-state index >= 15 is 0 Å². The Hall–Kier alpha value is -2.41. The number of aromatic carboxylic acids is 1. The second kappa shape index (κ2) is 7.44. The Kier molecular flexibility index (Phi) is 5.10. The third kappa shape index (κ3) is 3.91. The number of carbonyl (C=O) groups is 2. The quantitative estimate of drug-likeness (QED) is 0.864. The molecule has 1 aromatic heterocycles. The van der Waals surface area contributed by atoms with Crippen molar-refractivity contribution in [3.05, 3.63) is 48.0 Å². The summed E-state index contributed by atoms with van der Waals surface area (Å²) in [6.45, 7) is 0. The van der Waals surface area contributed by atoms with Crippen LogP contribution in [0.5, 0.6) is 0 Å². The number of nitrogens with zero attached hydrogens (tertiary/aromatic N) is 2. The lowest BCUT2D eigenvalue weighted by atomic mass is 10.3. The van der Waals surface area contributed by atoms with Crippen molar-refractivity contribution in [1.82, 2.24) is 9.97 Å². The van der Waals surface area contributed by atoms with E-state index in [-0.39, 0.29) is 11.4 Å². The highest BCUT2D eigenvalue weighted by molar-refractivity contribution is 8.00. The minimum Gasteiger partial charge on any atom is -0.476 e. The first-order chi connectivity index (χ1) is 11.6. The van der Waals surface area contributed by atoms with Crippen molar-refractivity contribution in [3.63, 3.8) is 0 Å². The first-order valence-corrected chi connectivity index (χ1v) is 8.64. The van der Waals surface area contributed by atoms with Gasteiger partial charge in [-0.3, -0.25) is 4.79 Å². The smallest absolute Gasteiger partial charge is 0.356 e. The molecule has 1 aliphatic rings. The van der Waals surface area contributed by atoms with E-state index in [1.807, 2.05) is 24.3 Å². The third-order valence-corrected chi connectivity index (χ3v) is 5.25. The van der Waals surface area contributed by atoms with Crippen molar-refractivity contribution in [3.8, 4) is 0 Å². The molecule has 0 bridgehead atoms. The summed E-state index contributed by atoms with van der Waals surface area (Å²) in [7, 11) is 0. The highest BCUT2D eigenvalue weighted by Crippen LogP contribution is 2.38. The normalized spacial score (nSPS) is 14.5. The molecule has 0 radical (unpaired) electrons. The molecule has 124 valence electrons. The molecule has 0 aliphatic heterocycles. The number of thioether (sulfide) groups is 1. The van der Waals surface area contributed by atoms with Crippen molar-refractivity contribution in [1.29, 1.82) is 0 Å². The fourth-order valence-electron chi connectivity index (χ4n) is 2.60. The Balaban J connectivity index is 1.72. The second-order valence-electron chi connectivity index (χ2n) is 5.57. The fourth-order valence-corrected chi connectivity index (χ4v) is 3.93. The molecule has 3 rings (SSSR count). The highest BCUT2D eigenvalue weighted by atomic mass is 32.2. The molecule has 0 saturated heterocycles. The van der Waals surface area contributed by atoms with Crippen molar-refractivity contribution in [2.45, 2.75) is 35.8 Å². The Morgan fingerprint density at radius 1 is 1.08 bits per heavy atom. The number of hydrogen-bond acceptors (Lipinski definition) is 5. The molecule has 2 aromatic rings. The van der Waals surface area contributed by atoms with Gasteiger partial charge in [-0.05, 0) is 25.0 Å². The number of para-hydroxylation sites is 1. The zero-order valence-corrected chi connectivity index (χ0v) is 13.8. The lowest BCUT2D eigenvalue weighted by Gasteiger charge is -2.13. The lowest BCUT2D eigenvalue weighted by Crippen LogP contribution is -2.15. The van der Waals surface area contributed by atoms with Crippen LogP contribution < -0.4 is 5.32 Å². The monoisotopic (exact) mass is 343 g/mol. The van der Waals surface area contributed by atoms with Crippen LogP contribution in [0.4, 0.5) is 5.69 Å². The summed E-state index contributed by atoms with van der Waals surface area (Å²) in [4.78, 5) is 31.7. The van der Waals surface area contributed by atoms with E-state index in [1.165, 1.54) is 31.9 Å². The Bertz CT molecular complexity index is 743. The highest BCUT2D eigenvalue weighted by Gasteiger charge is 2.19.